The molecule has 0 radical (unpaired) electrons. The van der Waals surface area contributed by atoms with Crippen LogP contribution in [0, 0.1) is 11.8 Å². The molecule has 0 saturated carbocycles. The van der Waals surface area contributed by atoms with Gasteiger partial charge in [-0.1, -0.05) is 72.3 Å². The van der Waals surface area contributed by atoms with Crippen molar-refractivity contribution in [3.8, 4) is 0 Å². The van der Waals surface area contributed by atoms with Crippen LogP contribution in [-0.2, 0) is 13.6 Å². The van der Waals surface area contributed by atoms with Crippen LogP contribution in [0.25, 0.3) is 0 Å². The quantitative estimate of drug-likeness (QED) is 0.174. The molecular weight excluding hydrogens is 307 g/mol. The lowest BCUT2D eigenvalue weighted by Gasteiger charge is -2.17. The van der Waals surface area contributed by atoms with Crippen molar-refractivity contribution in [1.29, 1.82) is 0 Å². The first kappa shape index (κ1) is 22.9. The molecule has 0 bridgehead atoms. The molecule has 0 N–H and O–H groups in total. The van der Waals surface area contributed by atoms with Gasteiger partial charge in [0.15, 0.2) is 0 Å². The molecule has 0 rings (SSSR count). The molecule has 23 heavy (non-hydrogen) atoms. The van der Waals surface area contributed by atoms with Gasteiger partial charge in [-0.2, -0.15) is 0 Å². The second-order valence-electron chi connectivity index (χ2n) is 7.23. The Morgan fingerprint density at radius 1 is 0.826 bits per heavy atom. The van der Waals surface area contributed by atoms with E-state index in [1.165, 1.54) is 25.7 Å². The van der Waals surface area contributed by atoms with E-state index in [1.807, 2.05) is 0 Å². The second-order valence-corrected chi connectivity index (χ2v) is 9.34. The number of unbranched alkanes of at least 4 members (excludes halogenated alkanes) is 4. The monoisotopic (exact) mass is 346 g/mol. The highest BCUT2D eigenvalue weighted by Crippen LogP contribution is 2.48. The zero-order valence-corrected chi connectivity index (χ0v) is 16.8. The predicted molar refractivity (Wildman–Crippen MR) is 101 cm³/mol. The molecule has 0 spiro atoms. The summed E-state index contributed by atoms with van der Waals surface area (Å²) in [6.45, 7) is 13.7. The van der Waals surface area contributed by atoms with Gasteiger partial charge in [-0.3, -0.25) is 4.57 Å². The maximum Gasteiger partial charge on any atom is 0.334 e. The minimum absolute atomic E-state index is 0.311. The molecule has 0 aliphatic heterocycles. The van der Waals surface area contributed by atoms with E-state index in [4.69, 9.17) is 9.05 Å². The molecule has 0 saturated heterocycles. The van der Waals surface area contributed by atoms with Crippen LogP contribution in [0.3, 0.4) is 0 Å². The van der Waals surface area contributed by atoms with Crippen molar-refractivity contribution in [2.24, 2.45) is 11.8 Å². The molecule has 0 atom stereocenters. The number of hydrogen-bond donors (Lipinski definition) is 0. The summed E-state index contributed by atoms with van der Waals surface area (Å²) in [5.41, 5.74) is 0. The predicted octanol–water partition coefficient (Wildman–Crippen LogP) is 6.83. The van der Waals surface area contributed by atoms with Crippen molar-refractivity contribution in [2.45, 2.75) is 79.1 Å². The minimum Gasteiger partial charge on any atom is -0.308 e. The van der Waals surface area contributed by atoms with Gasteiger partial charge in [-0.05, 0) is 24.7 Å². The van der Waals surface area contributed by atoms with Crippen LogP contribution < -0.4 is 0 Å². The minimum atomic E-state index is -2.97. The number of allylic oxidation sites excluding steroid dienone is 1. The van der Waals surface area contributed by atoms with Crippen LogP contribution >= 0.6 is 7.60 Å². The molecule has 0 aromatic heterocycles. The normalized spacial score (nSPS) is 12.3. The molecule has 0 aliphatic rings. The molecule has 0 aromatic rings. The van der Waals surface area contributed by atoms with Gasteiger partial charge in [-0.25, -0.2) is 0 Å². The van der Waals surface area contributed by atoms with E-state index in [0.717, 1.165) is 37.5 Å². The van der Waals surface area contributed by atoms with Crippen molar-refractivity contribution < 1.29 is 13.6 Å². The highest BCUT2D eigenvalue weighted by atomic mass is 31.2. The lowest BCUT2D eigenvalue weighted by molar-refractivity contribution is 0.199. The van der Waals surface area contributed by atoms with Gasteiger partial charge < -0.3 is 9.05 Å². The first-order chi connectivity index (χ1) is 10.9. The van der Waals surface area contributed by atoms with Crippen molar-refractivity contribution in [3.63, 3.8) is 0 Å². The Morgan fingerprint density at radius 2 is 1.26 bits per heavy atom. The fourth-order valence-corrected chi connectivity index (χ4v) is 3.79. The van der Waals surface area contributed by atoms with Gasteiger partial charge in [0.05, 0.1) is 19.4 Å². The van der Waals surface area contributed by atoms with E-state index in [2.05, 4.69) is 34.3 Å². The average Bonchev–Trinajstić information content (AvgIpc) is 2.46. The highest BCUT2D eigenvalue weighted by Gasteiger charge is 2.22. The molecular formula is C19H39O3P. The number of hydrogen-bond acceptors (Lipinski definition) is 3. The smallest absolute Gasteiger partial charge is 0.308 e. The molecule has 0 aliphatic carbocycles. The van der Waals surface area contributed by atoms with E-state index in [0.29, 0.717) is 19.4 Å². The average molecular weight is 346 g/mol. The summed E-state index contributed by atoms with van der Waals surface area (Å²) in [6, 6.07) is 0. The van der Waals surface area contributed by atoms with Crippen LogP contribution in [0.4, 0.5) is 0 Å². The van der Waals surface area contributed by atoms with Crippen molar-refractivity contribution in [1.82, 2.24) is 0 Å². The summed E-state index contributed by atoms with van der Waals surface area (Å²) in [5.74, 6) is 1.50. The fraction of sp³-hybridized carbons (Fsp3) is 0.895. The molecule has 3 nitrogen and oxygen atoms in total. The molecule has 138 valence electrons. The summed E-state index contributed by atoms with van der Waals surface area (Å²) in [7, 11) is -2.97. The van der Waals surface area contributed by atoms with Gasteiger partial charge >= 0.3 is 7.60 Å². The SMILES string of the molecule is C=CCP(=O)(OCCCCCC(C)C)OCCCCCC(C)C. The molecule has 0 amide bonds. The van der Waals surface area contributed by atoms with E-state index < -0.39 is 7.60 Å². The Bertz CT molecular complexity index is 303. The summed E-state index contributed by atoms with van der Waals surface area (Å²) >= 11 is 0. The summed E-state index contributed by atoms with van der Waals surface area (Å²) in [4.78, 5) is 0. The van der Waals surface area contributed by atoms with Crippen LogP contribution in [0.2, 0.25) is 0 Å². The van der Waals surface area contributed by atoms with E-state index in [9.17, 15) is 4.57 Å². The first-order valence-electron chi connectivity index (χ1n) is 9.38. The third-order valence-electron chi connectivity index (χ3n) is 3.78. The highest BCUT2D eigenvalue weighted by molar-refractivity contribution is 7.54. The zero-order chi connectivity index (χ0) is 17.6. The second kappa shape index (κ2) is 14.3. The van der Waals surface area contributed by atoms with Gasteiger partial charge in [-0.15, -0.1) is 6.58 Å². The standard InChI is InChI=1S/C19H39O3P/c1-6-17-23(20,21-15-11-7-9-13-18(2)3)22-16-12-8-10-14-19(4)5/h6,18-19H,1,7-17H2,2-5H3. The maximum absolute atomic E-state index is 12.6. The fourth-order valence-electron chi connectivity index (χ4n) is 2.37. The molecule has 0 heterocycles. The molecule has 0 fully saturated rings. The third-order valence-corrected chi connectivity index (χ3v) is 5.64. The van der Waals surface area contributed by atoms with E-state index in [-0.39, 0.29) is 0 Å². The Morgan fingerprint density at radius 3 is 1.61 bits per heavy atom. The van der Waals surface area contributed by atoms with E-state index in [1.54, 1.807) is 6.08 Å². The van der Waals surface area contributed by atoms with Gasteiger partial charge in [0.2, 0.25) is 0 Å². The lowest BCUT2D eigenvalue weighted by atomic mass is 10.1. The summed E-state index contributed by atoms with van der Waals surface area (Å²) < 4.78 is 23.7. The Kier molecular flexibility index (Phi) is 14.2. The van der Waals surface area contributed by atoms with E-state index >= 15 is 0 Å². The largest absolute Gasteiger partial charge is 0.334 e. The van der Waals surface area contributed by atoms with Crippen molar-refractivity contribution in [2.75, 3.05) is 19.4 Å². The summed E-state index contributed by atoms with van der Waals surface area (Å²) in [5, 5.41) is 0. The molecule has 0 unspecified atom stereocenters. The van der Waals surface area contributed by atoms with Gasteiger partial charge in [0.1, 0.15) is 0 Å². The Balaban J connectivity index is 3.82. The topological polar surface area (TPSA) is 35.5 Å². The first-order valence-corrected chi connectivity index (χ1v) is 11.1. The molecule has 0 aromatic carbocycles. The summed E-state index contributed by atoms with van der Waals surface area (Å²) in [6.07, 6.45) is 11.0. The van der Waals surface area contributed by atoms with Crippen molar-refractivity contribution in [3.05, 3.63) is 12.7 Å². The Labute approximate surface area is 144 Å². The third kappa shape index (κ3) is 15.2. The van der Waals surface area contributed by atoms with Crippen LogP contribution in [0.1, 0.15) is 79.1 Å². The molecule has 4 heteroatoms. The van der Waals surface area contributed by atoms with Crippen LogP contribution in [0.15, 0.2) is 12.7 Å². The van der Waals surface area contributed by atoms with Crippen molar-refractivity contribution >= 4 is 7.60 Å². The number of rotatable bonds is 16. The van der Waals surface area contributed by atoms with Gasteiger partial charge in [0.25, 0.3) is 0 Å². The lowest BCUT2D eigenvalue weighted by Crippen LogP contribution is -2.02. The van der Waals surface area contributed by atoms with Crippen LogP contribution in [-0.4, -0.2) is 19.4 Å². The van der Waals surface area contributed by atoms with Crippen LogP contribution in [0.5, 0.6) is 0 Å². The zero-order valence-electron chi connectivity index (χ0n) is 15.9. The Hall–Kier alpha value is -0.110. The maximum atomic E-state index is 12.6. The van der Waals surface area contributed by atoms with Gasteiger partial charge in [0, 0.05) is 0 Å².